The second-order valence-corrected chi connectivity index (χ2v) is 6.41. The first kappa shape index (κ1) is 24.3. The molecule has 0 radical (unpaired) electrons. The number of phosphoric ester groups is 2. The second-order valence-electron chi connectivity index (χ2n) is 4.17. The van der Waals surface area contributed by atoms with E-state index in [1.165, 1.54) is 24.3 Å². The monoisotopic (exact) mass is 390 g/mol. The van der Waals surface area contributed by atoms with Gasteiger partial charge >= 0.3 is 74.8 Å². The van der Waals surface area contributed by atoms with Crippen LogP contribution in [0.5, 0.6) is 11.5 Å². The van der Waals surface area contributed by atoms with Crippen molar-refractivity contribution in [2.24, 2.45) is 0 Å². The Kier molecular flexibility index (Phi) is 10.0. The maximum atomic E-state index is 10.6. The van der Waals surface area contributed by atoms with E-state index in [0.29, 0.717) is 11.1 Å². The summed E-state index contributed by atoms with van der Waals surface area (Å²) in [5.74, 6) is -0.0887. The van der Waals surface area contributed by atoms with Gasteiger partial charge in [0.2, 0.25) is 0 Å². The van der Waals surface area contributed by atoms with Crippen molar-refractivity contribution in [3.8, 4) is 22.6 Å². The fourth-order valence-corrected chi connectivity index (χ4v) is 2.46. The Hall–Kier alpha value is 0.340. The summed E-state index contributed by atoms with van der Waals surface area (Å²) in [6.45, 7) is 0. The first-order chi connectivity index (χ1) is 10.1. The summed E-state index contributed by atoms with van der Waals surface area (Å²) < 4.78 is 29.8. The van der Waals surface area contributed by atoms with Gasteiger partial charge in [-0.25, -0.2) is 0 Å². The van der Waals surface area contributed by atoms with E-state index in [-0.39, 0.29) is 70.6 Å². The minimum Gasteiger partial charge on any atom is -0.746 e. The molecule has 0 heterocycles. The zero-order valence-corrected chi connectivity index (χ0v) is 18.6. The van der Waals surface area contributed by atoms with Gasteiger partial charge < -0.3 is 28.6 Å². The molecule has 2 N–H and O–H groups in total. The molecule has 24 heavy (non-hydrogen) atoms. The third kappa shape index (κ3) is 8.63. The standard InChI is InChI=1S/C12H12O8P2.2Na/c13-21(14,15)19-11-5-1-9(2-6-11)10-3-7-12(8-4-10)20-22(16,17)18;;/h1-8H,(H2,13,14,15)(H2,16,17,18);;/q;2*+1/p-2. The second kappa shape index (κ2) is 9.88. The molecule has 2 aromatic rings. The van der Waals surface area contributed by atoms with Crippen LogP contribution >= 0.6 is 15.6 Å². The molecule has 0 aliphatic heterocycles. The molecule has 0 aromatic heterocycles. The number of hydrogen-bond acceptors (Lipinski definition) is 6. The van der Waals surface area contributed by atoms with E-state index in [2.05, 4.69) is 9.05 Å². The number of hydrogen-bond donors (Lipinski definition) is 2. The normalized spacial score (nSPS) is 15.0. The molecule has 0 aliphatic rings. The summed E-state index contributed by atoms with van der Waals surface area (Å²) in [4.78, 5) is 38.3. The molecule has 0 aliphatic carbocycles. The van der Waals surface area contributed by atoms with Gasteiger partial charge in [0.15, 0.2) is 0 Å². The molecule has 0 bridgehead atoms. The summed E-state index contributed by atoms with van der Waals surface area (Å²) in [5.41, 5.74) is 1.37. The Morgan fingerprint density at radius 3 is 1.12 bits per heavy atom. The van der Waals surface area contributed by atoms with Gasteiger partial charge in [0.1, 0.15) is 11.5 Å². The summed E-state index contributed by atoms with van der Waals surface area (Å²) in [7, 11) is -9.70. The van der Waals surface area contributed by atoms with Crippen LogP contribution in [-0.2, 0) is 9.13 Å². The summed E-state index contributed by atoms with van der Waals surface area (Å²) in [6.07, 6.45) is 0. The molecule has 0 saturated heterocycles. The summed E-state index contributed by atoms with van der Waals surface area (Å²) in [5, 5.41) is 0. The SMILES string of the molecule is O=P([O-])(O)Oc1ccc(-c2ccc(OP(=O)([O-])O)cc2)cc1.[Na+].[Na+]. The molecule has 118 valence electrons. The Morgan fingerprint density at radius 2 is 0.917 bits per heavy atom. The predicted molar refractivity (Wildman–Crippen MR) is 72.8 cm³/mol. The van der Waals surface area contributed by atoms with Crippen molar-refractivity contribution >= 4 is 15.6 Å². The largest absolute Gasteiger partial charge is 1.00 e. The van der Waals surface area contributed by atoms with Crippen LogP contribution in [0.2, 0.25) is 0 Å². The molecule has 8 nitrogen and oxygen atoms in total. The summed E-state index contributed by atoms with van der Waals surface area (Å²) in [6, 6.07) is 11.6. The maximum absolute atomic E-state index is 10.6. The topological polar surface area (TPSA) is 139 Å². The molecule has 0 saturated carbocycles. The van der Waals surface area contributed by atoms with Crippen LogP contribution in [0.1, 0.15) is 0 Å². The van der Waals surface area contributed by atoms with Crippen molar-refractivity contribution < 1.29 is 96.9 Å². The molecule has 0 amide bonds. The van der Waals surface area contributed by atoms with E-state index < -0.39 is 15.6 Å². The molecule has 12 heteroatoms. The minimum atomic E-state index is -4.85. The molecule has 2 unspecified atom stereocenters. The Morgan fingerprint density at radius 1 is 0.667 bits per heavy atom. The average Bonchev–Trinajstić information content (AvgIpc) is 2.37. The van der Waals surface area contributed by atoms with E-state index in [4.69, 9.17) is 9.79 Å². The zero-order valence-electron chi connectivity index (χ0n) is 12.9. The van der Waals surface area contributed by atoms with E-state index in [0.717, 1.165) is 0 Å². The predicted octanol–water partition coefficient (Wildman–Crippen LogP) is -4.96. The van der Waals surface area contributed by atoms with Crippen LogP contribution in [0.15, 0.2) is 48.5 Å². The van der Waals surface area contributed by atoms with Crippen molar-refractivity contribution in [2.45, 2.75) is 0 Å². The average molecular weight is 390 g/mol. The van der Waals surface area contributed by atoms with E-state index in [1.54, 1.807) is 24.3 Å². The van der Waals surface area contributed by atoms with Crippen molar-refractivity contribution in [3.05, 3.63) is 48.5 Å². The van der Waals surface area contributed by atoms with Crippen molar-refractivity contribution in [2.75, 3.05) is 0 Å². The smallest absolute Gasteiger partial charge is 0.746 e. The van der Waals surface area contributed by atoms with Crippen LogP contribution in [0.3, 0.4) is 0 Å². The van der Waals surface area contributed by atoms with Gasteiger partial charge in [0, 0.05) is 0 Å². The fraction of sp³-hybridized carbons (Fsp3) is 0. The first-order valence-corrected chi connectivity index (χ1v) is 8.79. The third-order valence-electron chi connectivity index (χ3n) is 2.48. The van der Waals surface area contributed by atoms with Gasteiger partial charge in [0.25, 0.3) is 0 Å². The van der Waals surface area contributed by atoms with Gasteiger partial charge in [-0.05, 0) is 35.4 Å². The Labute approximate surface area is 182 Å². The van der Waals surface area contributed by atoms with Crippen LogP contribution in [0.25, 0.3) is 11.1 Å². The van der Waals surface area contributed by atoms with Crippen molar-refractivity contribution in [1.82, 2.24) is 0 Å². The van der Waals surface area contributed by atoms with Crippen LogP contribution in [0.4, 0.5) is 0 Å². The molecule has 0 fully saturated rings. The van der Waals surface area contributed by atoms with Gasteiger partial charge in [0.05, 0.1) is 0 Å². The van der Waals surface area contributed by atoms with Gasteiger partial charge in [-0.1, -0.05) is 24.3 Å². The van der Waals surface area contributed by atoms with Crippen molar-refractivity contribution in [3.63, 3.8) is 0 Å². The van der Waals surface area contributed by atoms with Gasteiger partial charge in [-0.2, -0.15) is 0 Å². The molecular weight excluding hydrogens is 380 g/mol. The van der Waals surface area contributed by atoms with Crippen LogP contribution < -0.4 is 77.9 Å². The first-order valence-electron chi connectivity index (χ1n) is 5.80. The van der Waals surface area contributed by atoms with E-state index >= 15 is 0 Å². The summed E-state index contributed by atoms with van der Waals surface area (Å²) >= 11 is 0. The number of rotatable bonds is 5. The Balaban J connectivity index is 0.00000264. The molecule has 2 atom stereocenters. The van der Waals surface area contributed by atoms with Gasteiger partial charge in [-0.3, -0.25) is 9.13 Å². The van der Waals surface area contributed by atoms with Crippen molar-refractivity contribution in [1.29, 1.82) is 0 Å². The van der Waals surface area contributed by atoms with Gasteiger partial charge in [-0.15, -0.1) is 0 Å². The van der Waals surface area contributed by atoms with E-state index in [1.807, 2.05) is 0 Å². The molecule has 2 aromatic carbocycles. The molecule has 2 rings (SSSR count). The Bertz CT molecular complexity index is 673. The third-order valence-corrected chi connectivity index (χ3v) is 3.37. The minimum absolute atomic E-state index is 0. The zero-order chi connectivity index (χ0) is 16.4. The van der Waals surface area contributed by atoms with E-state index in [9.17, 15) is 18.9 Å². The molecular formula is C12H10Na2O8P2. The fourth-order valence-electron chi connectivity index (χ4n) is 1.68. The van der Waals surface area contributed by atoms with Crippen LogP contribution in [0, 0.1) is 0 Å². The number of benzene rings is 2. The maximum Gasteiger partial charge on any atom is 1.00 e. The quantitative estimate of drug-likeness (QED) is 0.383. The molecule has 0 spiro atoms. The van der Waals surface area contributed by atoms with Crippen LogP contribution in [-0.4, -0.2) is 9.79 Å². The number of phosphoric acid groups is 2.